The molecular formula is C22H27ClN6O4. The SMILES string of the molecule is CCOC(=O)C1CCCN(c2ncnc(N3CCN(c4cccc(Cl)c4)CC3)c2[N+](=O)[O-])C1. The highest BCUT2D eigenvalue weighted by molar-refractivity contribution is 6.30. The van der Waals surface area contributed by atoms with Gasteiger partial charge in [0.25, 0.3) is 0 Å². The molecule has 0 radical (unpaired) electrons. The molecule has 1 atom stereocenters. The number of aromatic nitrogens is 2. The number of hydrogen-bond donors (Lipinski definition) is 0. The van der Waals surface area contributed by atoms with E-state index in [1.807, 2.05) is 34.1 Å². The Hall–Kier alpha value is -3.14. The first-order valence-electron chi connectivity index (χ1n) is 11.1. The summed E-state index contributed by atoms with van der Waals surface area (Å²) in [6, 6.07) is 7.66. The van der Waals surface area contributed by atoms with Crippen LogP contribution >= 0.6 is 11.6 Å². The van der Waals surface area contributed by atoms with Crippen LogP contribution in [0, 0.1) is 16.0 Å². The molecule has 2 saturated heterocycles. The van der Waals surface area contributed by atoms with Gasteiger partial charge < -0.3 is 19.4 Å². The molecule has 2 aromatic rings. The van der Waals surface area contributed by atoms with Gasteiger partial charge in [0.2, 0.25) is 11.6 Å². The largest absolute Gasteiger partial charge is 0.466 e. The second-order valence-corrected chi connectivity index (χ2v) is 8.55. The lowest BCUT2D eigenvalue weighted by Gasteiger charge is -2.37. The molecule has 3 heterocycles. The third-order valence-electron chi connectivity index (χ3n) is 6.06. The van der Waals surface area contributed by atoms with E-state index in [1.54, 1.807) is 6.92 Å². The Morgan fingerprint density at radius 2 is 1.85 bits per heavy atom. The summed E-state index contributed by atoms with van der Waals surface area (Å²) in [5.74, 6) is -0.0143. The van der Waals surface area contributed by atoms with Gasteiger partial charge in [-0.25, -0.2) is 9.97 Å². The predicted molar refractivity (Wildman–Crippen MR) is 126 cm³/mol. The zero-order valence-corrected chi connectivity index (χ0v) is 19.3. The Morgan fingerprint density at radius 1 is 1.15 bits per heavy atom. The number of halogens is 1. The summed E-state index contributed by atoms with van der Waals surface area (Å²) in [7, 11) is 0. The third kappa shape index (κ3) is 5.11. The molecule has 1 unspecified atom stereocenters. The van der Waals surface area contributed by atoms with Gasteiger partial charge in [0, 0.05) is 50.0 Å². The molecule has 0 saturated carbocycles. The number of hydrogen-bond acceptors (Lipinski definition) is 9. The van der Waals surface area contributed by atoms with Gasteiger partial charge in [-0.3, -0.25) is 14.9 Å². The number of rotatable bonds is 6. The average molecular weight is 475 g/mol. The van der Waals surface area contributed by atoms with E-state index >= 15 is 0 Å². The Labute approximate surface area is 197 Å². The minimum atomic E-state index is -0.415. The lowest BCUT2D eigenvalue weighted by Crippen LogP contribution is -2.47. The van der Waals surface area contributed by atoms with Crippen LogP contribution in [0.4, 0.5) is 23.0 Å². The number of benzene rings is 1. The first-order chi connectivity index (χ1) is 16.0. The number of carbonyl (C=O) groups is 1. The standard InChI is InChI=1S/C22H27ClN6O4/c1-2-33-22(30)16-5-4-8-28(14-16)21-19(29(31)32)20(24-15-25-21)27-11-9-26(10-12-27)18-7-3-6-17(23)13-18/h3,6-7,13,15-16H,2,4-5,8-12,14H2,1H3. The van der Waals surface area contributed by atoms with Gasteiger partial charge in [-0.15, -0.1) is 0 Å². The van der Waals surface area contributed by atoms with E-state index in [1.165, 1.54) is 6.33 Å². The van der Waals surface area contributed by atoms with E-state index in [0.717, 1.165) is 12.1 Å². The molecule has 0 spiro atoms. The number of nitrogens with zero attached hydrogens (tertiary/aromatic N) is 6. The number of piperazine rings is 1. The molecule has 0 bridgehead atoms. The highest BCUT2D eigenvalue weighted by Gasteiger charge is 2.35. The summed E-state index contributed by atoms with van der Waals surface area (Å²) in [4.78, 5) is 38.4. The number of piperidine rings is 1. The molecule has 4 rings (SSSR count). The van der Waals surface area contributed by atoms with Crippen molar-refractivity contribution in [3.05, 3.63) is 45.7 Å². The van der Waals surface area contributed by atoms with Crippen molar-refractivity contribution in [1.29, 1.82) is 0 Å². The Balaban J connectivity index is 1.54. The zero-order valence-electron chi connectivity index (χ0n) is 18.5. The fourth-order valence-electron chi connectivity index (χ4n) is 4.46. The van der Waals surface area contributed by atoms with Crippen LogP contribution in [0.15, 0.2) is 30.6 Å². The van der Waals surface area contributed by atoms with Gasteiger partial charge in [0.05, 0.1) is 17.4 Å². The molecule has 176 valence electrons. The van der Waals surface area contributed by atoms with Crippen molar-refractivity contribution in [1.82, 2.24) is 9.97 Å². The van der Waals surface area contributed by atoms with Crippen molar-refractivity contribution in [3.63, 3.8) is 0 Å². The van der Waals surface area contributed by atoms with Gasteiger partial charge in [-0.2, -0.15) is 0 Å². The molecule has 2 aliphatic heterocycles. The van der Waals surface area contributed by atoms with E-state index in [-0.39, 0.29) is 23.4 Å². The maximum atomic E-state index is 12.2. The first-order valence-corrected chi connectivity index (χ1v) is 11.5. The van der Waals surface area contributed by atoms with Crippen molar-refractivity contribution in [2.45, 2.75) is 19.8 Å². The number of nitro groups is 1. The fourth-order valence-corrected chi connectivity index (χ4v) is 4.64. The lowest BCUT2D eigenvalue weighted by molar-refractivity contribution is -0.383. The van der Waals surface area contributed by atoms with Crippen molar-refractivity contribution in [3.8, 4) is 0 Å². The fraction of sp³-hybridized carbons (Fsp3) is 0.500. The first kappa shape index (κ1) is 23.0. The van der Waals surface area contributed by atoms with Crippen molar-refractivity contribution < 1.29 is 14.5 Å². The highest BCUT2D eigenvalue weighted by Crippen LogP contribution is 2.36. The number of ether oxygens (including phenoxy) is 1. The molecule has 0 amide bonds. The topological polar surface area (TPSA) is 105 Å². The van der Waals surface area contributed by atoms with Crippen LogP contribution < -0.4 is 14.7 Å². The second kappa shape index (κ2) is 10.2. The molecule has 2 aliphatic rings. The smallest absolute Gasteiger partial charge is 0.353 e. The normalized spacial score (nSPS) is 18.8. The summed E-state index contributed by atoms with van der Waals surface area (Å²) in [6.07, 6.45) is 2.81. The van der Waals surface area contributed by atoms with Crippen LogP contribution in [0.5, 0.6) is 0 Å². The van der Waals surface area contributed by atoms with Crippen LogP contribution in [0.1, 0.15) is 19.8 Å². The average Bonchev–Trinajstić information content (AvgIpc) is 2.84. The number of carbonyl (C=O) groups excluding carboxylic acids is 1. The Bertz CT molecular complexity index is 1010. The van der Waals surface area contributed by atoms with Crippen LogP contribution in [0.3, 0.4) is 0 Å². The summed E-state index contributed by atoms with van der Waals surface area (Å²) in [5, 5.41) is 12.8. The van der Waals surface area contributed by atoms with Crippen LogP contribution in [-0.4, -0.2) is 66.7 Å². The second-order valence-electron chi connectivity index (χ2n) is 8.12. The van der Waals surface area contributed by atoms with Crippen molar-refractivity contribution >= 4 is 40.6 Å². The monoisotopic (exact) mass is 474 g/mol. The van der Waals surface area contributed by atoms with Crippen molar-refractivity contribution in [2.75, 3.05) is 60.6 Å². The van der Waals surface area contributed by atoms with Crippen molar-refractivity contribution in [2.24, 2.45) is 5.92 Å². The van der Waals surface area contributed by atoms with E-state index in [4.69, 9.17) is 16.3 Å². The van der Waals surface area contributed by atoms with Crippen LogP contribution in [0.25, 0.3) is 0 Å². The molecular weight excluding hydrogens is 448 g/mol. The molecule has 33 heavy (non-hydrogen) atoms. The maximum absolute atomic E-state index is 12.2. The minimum Gasteiger partial charge on any atom is -0.466 e. The van der Waals surface area contributed by atoms with Gasteiger partial charge in [-0.05, 0) is 38.0 Å². The van der Waals surface area contributed by atoms with E-state index in [9.17, 15) is 14.9 Å². The Kier molecular flexibility index (Phi) is 7.12. The molecule has 1 aromatic carbocycles. The minimum absolute atomic E-state index is 0.113. The summed E-state index contributed by atoms with van der Waals surface area (Å²) in [6.45, 7) is 5.55. The zero-order chi connectivity index (χ0) is 23.4. The molecule has 2 fully saturated rings. The molecule has 1 aromatic heterocycles. The van der Waals surface area contributed by atoms with E-state index < -0.39 is 4.92 Å². The lowest BCUT2D eigenvalue weighted by atomic mass is 9.98. The molecule has 10 nitrogen and oxygen atoms in total. The molecule has 0 N–H and O–H groups in total. The van der Waals surface area contributed by atoms with Gasteiger partial charge >= 0.3 is 11.7 Å². The highest BCUT2D eigenvalue weighted by atomic mass is 35.5. The van der Waals surface area contributed by atoms with Gasteiger partial charge in [-0.1, -0.05) is 17.7 Å². The number of esters is 1. The van der Waals surface area contributed by atoms with E-state index in [0.29, 0.717) is 63.1 Å². The summed E-state index contributed by atoms with van der Waals surface area (Å²) >= 11 is 6.12. The quantitative estimate of drug-likeness (QED) is 0.354. The Morgan fingerprint density at radius 3 is 2.52 bits per heavy atom. The van der Waals surface area contributed by atoms with Crippen LogP contribution in [0.2, 0.25) is 5.02 Å². The third-order valence-corrected chi connectivity index (χ3v) is 6.29. The molecule has 0 aliphatic carbocycles. The number of anilines is 3. The summed E-state index contributed by atoms with van der Waals surface area (Å²) < 4.78 is 5.16. The predicted octanol–water partition coefficient (Wildman–Crippen LogP) is 3.14. The van der Waals surface area contributed by atoms with Gasteiger partial charge in [0.15, 0.2) is 0 Å². The molecule has 11 heteroatoms. The van der Waals surface area contributed by atoms with E-state index in [2.05, 4.69) is 14.9 Å². The maximum Gasteiger partial charge on any atom is 0.353 e. The van der Waals surface area contributed by atoms with Gasteiger partial charge in [0.1, 0.15) is 6.33 Å². The van der Waals surface area contributed by atoms with Crippen LogP contribution in [-0.2, 0) is 9.53 Å². The summed E-state index contributed by atoms with van der Waals surface area (Å²) in [5.41, 5.74) is 0.913.